The molecule has 176 valence electrons. The van der Waals surface area contributed by atoms with Crippen molar-refractivity contribution in [3.63, 3.8) is 0 Å². The number of rotatable bonds is 1. The van der Waals surface area contributed by atoms with E-state index in [1.54, 1.807) is 0 Å². The molecule has 0 radical (unpaired) electrons. The topological polar surface area (TPSA) is 4.93 Å². The third-order valence-corrected chi connectivity index (χ3v) is 8.80. The Hall–Kier alpha value is -4.88. The summed E-state index contributed by atoms with van der Waals surface area (Å²) < 4.78 is 2.43. The van der Waals surface area contributed by atoms with Gasteiger partial charge in [-0.3, -0.25) is 0 Å². The molecule has 0 bridgehead atoms. The van der Waals surface area contributed by atoms with Gasteiger partial charge in [0.25, 0.3) is 0 Å². The molecule has 0 atom stereocenters. The molecule has 0 N–H and O–H groups in total. The molecule has 2 aliphatic carbocycles. The predicted octanol–water partition coefficient (Wildman–Crippen LogP) is 9.13. The smallest absolute Gasteiger partial charge is 0.0725 e. The van der Waals surface area contributed by atoms with Crippen molar-refractivity contribution in [2.45, 2.75) is 5.41 Å². The van der Waals surface area contributed by atoms with Gasteiger partial charge in [0.05, 0.1) is 16.4 Å². The van der Waals surface area contributed by atoms with Crippen LogP contribution < -0.4 is 0 Å². The zero-order chi connectivity index (χ0) is 24.8. The van der Waals surface area contributed by atoms with E-state index in [-0.39, 0.29) is 5.41 Å². The molecule has 0 saturated heterocycles. The van der Waals surface area contributed by atoms with Crippen molar-refractivity contribution in [1.82, 2.24) is 4.57 Å². The van der Waals surface area contributed by atoms with Gasteiger partial charge in [0.2, 0.25) is 0 Å². The fourth-order valence-electron chi connectivity index (χ4n) is 7.41. The number of aromatic nitrogens is 1. The molecule has 0 fully saturated rings. The van der Waals surface area contributed by atoms with Crippen molar-refractivity contribution < 1.29 is 0 Å². The molecule has 0 aliphatic heterocycles. The number of fused-ring (bicyclic) bond motifs is 13. The van der Waals surface area contributed by atoms with Crippen LogP contribution in [-0.4, -0.2) is 4.57 Å². The van der Waals surface area contributed by atoms with Crippen LogP contribution in [0.1, 0.15) is 22.3 Å². The van der Waals surface area contributed by atoms with E-state index in [4.69, 9.17) is 0 Å². The average molecular weight is 482 g/mol. The number of para-hydroxylation sites is 2. The minimum atomic E-state index is -0.316. The Labute approximate surface area is 221 Å². The summed E-state index contributed by atoms with van der Waals surface area (Å²) in [5, 5.41) is 2.59. The molecule has 1 nitrogen and oxygen atoms in total. The SMILES string of the molecule is c1ccc(-n2c3ccccc3c3cc4c(cc32)-c2ccccc2C42c3ccccc3-c3ccccc32)cc1. The minimum absolute atomic E-state index is 0.316. The summed E-state index contributed by atoms with van der Waals surface area (Å²) in [7, 11) is 0. The lowest BCUT2D eigenvalue weighted by Gasteiger charge is -2.30. The fraction of sp³-hybridized carbons (Fsp3) is 0.0270. The second-order valence-electron chi connectivity index (χ2n) is 10.5. The Balaban J connectivity index is 1.49. The zero-order valence-electron chi connectivity index (χ0n) is 20.7. The molecule has 1 aromatic heterocycles. The van der Waals surface area contributed by atoms with Crippen molar-refractivity contribution in [3.8, 4) is 27.9 Å². The Bertz CT molecular complexity index is 2030. The van der Waals surface area contributed by atoms with E-state index < -0.39 is 0 Å². The van der Waals surface area contributed by atoms with Crippen LogP contribution in [0, 0.1) is 0 Å². The van der Waals surface area contributed by atoms with Crippen LogP contribution in [0.3, 0.4) is 0 Å². The summed E-state index contributed by atoms with van der Waals surface area (Å²) >= 11 is 0. The Morgan fingerprint density at radius 1 is 0.368 bits per heavy atom. The summed E-state index contributed by atoms with van der Waals surface area (Å²) in [4.78, 5) is 0. The summed E-state index contributed by atoms with van der Waals surface area (Å²) in [5.41, 5.74) is 14.3. The summed E-state index contributed by atoms with van der Waals surface area (Å²) in [6.07, 6.45) is 0. The largest absolute Gasteiger partial charge is 0.309 e. The average Bonchev–Trinajstić information content (AvgIpc) is 3.58. The molecular weight excluding hydrogens is 458 g/mol. The van der Waals surface area contributed by atoms with Crippen molar-refractivity contribution in [2.24, 2.45) is 0 Å². The quantitative estimate of drug-likeness (QED) is 0.220. The zero-order valence-corrected chi connectivity index (χ0v) is 20.7. The van der Waals surface area contributed by atoms with Gasteiger partial charge < -0.3 is 4.57 Å². The highest BCUT2D eigenvalue weighted by atomic mass is 15.0. The van der Waals surface area contributed by atoms with Crippen LogP contribution in [0.5, 0.6) is 0 Å². The first kappa shape index (κ1) is 20.2. The van der Waals surface area contributed by atoms with Gasteiger partial charge in [0.15, 0.2) is 0 Å². The van der Waals surface area contributed by atoms with Crippen molar-refractivity contribution >= 4 is 21.8 Å². The van der Waals surface area contributed by atoms with E-state index in [0.29, 0.717) is 0 Å². The molecule has 1 heteroatoms. The summed E-state index contributed by atoms with van der Waals surface area (Å²) in [6.45, 7) is 0. The monoisotopic (exact) mass is 481 g/mol. The second kappa shape index (κ2) is 7.12. The first-order valence-electron chi connectivity index (χ1n) is 13.3. The maximum Gasteiger partial charge on any atom is 0.0725 e. The van der Waals surface area contributed by atoms with E-state index in [2.05, 4.69) is 144 Å². The fourth-order valence-corrected chi connectivity index (χ4v) is 7.41. The van der Waals surface area contributed by atoms with Gasteiger partial charge in [-0.25, -0.2) is 0 Å². The van der Waals surface area contributed by atoms with Crippen molar-refractivity contribution in [2.75, 3.05) is 0 Å². The third kappa shape index (κ3) is 2.29. The molecule has 1 spiro atoms. The Morgan fingerprint density at radius 3 is 1.55 bits per heavy atom. The van der Waals surface area contributed by atoms with E-state index in [0.717, 1.165) is 0 Å². The van der Waals surface area contributed by atoms with Gasteiger partial charge in [-0.05, 0) is 74.8 Å². The summed E-state index contributed by atoms with van der Waals surface area (Å²) in [6, 6.07) is 51.6. The van der Waals surface area contributed by atoms with Gasteiger partial charge in [0.1, 0.15) is 0 Å². The van der Waals surface area contributed by atoms with Crippen LogP contribution in [0.2, 0.25) is 0 Å². The highest BCUT2D eigenvalue weighted by Gasteiger charge is 2.51. The predicted molar refractivity (Wildman–Crippen MR) is 157 cm³/mol. The third-order valence-electron chi connectivity index (χ3n) is 8.80. The standard InChI is InChI=1S/C37H23N/c1-2-12-24(13-3-1)38-35-21-11-7-17-28(35)30-22-34-29(23-36(30)38)27-16-6-10-20-33(27)37(34)31-18-8-4-14-25(31)26-15-5-9-19-32(26)37/h1-23H. The molecule has 0 amide bonds. The molecule has 2 aliphatic rings. The van der Waals surface area contributed by atoms with Crippen LogP contribution in [0.4, 0.5) is 0 Å². The maximum atomic E-state index is 2.51. The van der Waals surface area contributed by atoms with Gasteiger partial charge in [-0.2, -0.15) is 0 Å². The van der Waals surface area contributed by atoms with Crippen LogP contribution in [0.15, 0.2) is 140 Å². The molecule has 7 aromatic rings. The van der Waals surface area contributed by atoms with Crippen molar-refractivity contribution in [3.05, 3.63) is 162 Å². The van der Waals surface area contributed by atoms with E-state index >= 15 is 0 Å². The molecule has 0 saturated carbocycles. The first-order chi connectivity index (χ1) is 18.9. The van der Waals surface area contributed by atoms with E-state index in [1.165, 1.54) is 72.0 Å². The molecule has 1 heterocycles. The molecular formula is C37H23N. The minimum Gasteiger partial charge on any atom is -0.309 e. The van der Waals surface area contributed by atoms with Gasteiger partial charge in [0, 0.05) is 16.5 Å². The highest BCUT2D eigenvalue weighted by molar-refractivity contribution is 6.12. The number of hydrogen-bond donors (Lipinski definition) is 0. The number of benzene rings is 6. The lowest BCUT2D eigenvalue weighted by molar-refractivity contribution is 0.795. The molecule has 9 rings (SSSR count). The Kier molecular flexibility index (Phi) is 3.78. The van der Waals surface area contributed by atoms with Crippen LogP contribution in [0.25, 0.3) is 49.7 Å². The van der Waals surface area contributed by atoms with Gasteiger partial charge >= 0.3 is 0 Å². The van der Waals surface area contributed by atoms with E-state index in [1.807, 2.05) is 0 Å². The number of hydrogen-bond acceptors (Lipinski definition) is 0. The highest BCUT2D eigenvalue weighted by Crippen LogP contribution is 2.63. The first-order valence-corrected chi connectivity index (χ1v) is 13.3. The van der Waals surface area contributed by atoms with Crippen LogP contribution >= 0.6 is 0 Å². The van der Waals surface area contributed by atoms with Crippen molar-refractivity contribution in [1.29, 1.82) is 0 Å². The van der Waals surface area contributed by atoms with Gasteiger partial charge in [-0.1, -0.05) is 109 Å². The van der Waals surface area contributed by atoms with E-state index in [9.17, 15) is 0 Å². The Morgan fingerprint density at radius 2 is 0.895 bits per heavy atom. The molecule has 38 heavy (non-hydrogen) atoms. The lowest BCUT2D eigenvalue weighted by Crippen LogP contribution is -2.25. The van der Waals surface area contributed by atoms with Crippen LogP contribution in [-0.2, 0) is 5.41 Å². The lowest BCUT2D eigenvalue weighted by atomic mass is 9.70. The second-order valence-corrected chi connectivity index (χ2v) is 10.5. The van der Waals surface area contributed by atoms with Gasteiger partial charge in [-0.15, -0.1) is 0 Å². The molecule has 6 aromatic carbocycles. The summed E-state index contributed by atoms with van der Waals surface area (Å²) in [5.74, 6) is 0. The number of nitrogens with zero attached hydrogens (tertiary/aromatic N) is 1. The molecule has 0 unspecified atom stereocenters. The maximum absolute atomic E-state index is 2.51. The normalized spacial score (nSPS) is 14.0.